The number of amides is 2. The van der Waals surface area contributed by atoms with E-state index in [1.165, 1.54) is 0 Å². The van der Waals surface area contributed by atoms with Gasteiger partial charge < -0.3 is 5.32 Å². The van der Waals surface area contributed by atoms with E-state index in [1.54, 1.807) is 0 Å². The van der Waals surface area contributed by atoms with Gasteiger partial charge >= 0.3 is 6.03 Å². The quantitative estimate of drug-likeness (QED) is 0.519. The fourth-order valence-corrected chi connectivity index (χ4v) is 1.60. The topological polar surface area (TPSA) is 41.5 Å². The third-order valence-electron chi connectivity index (χ3n) is 1.50. The van der Waals surface area contributed by atoms with Crippen molar-refractivity contribution in [2.75, 3.05) is 0 Å². The van der Waals surface area contributed by atoms with Crippen molar-refractivity contribution in [2.45, 2.75) is 3.92 Å². The summed E-state index contributed by atoms with van der Waals surface area (Å²) in [6.45, 7) is 0. The predicted octanol–water partition coefficient (Wildman–Crippen LogP) is 1.41. The zero-order valence-electron chi connectivity index (χ0n) is 5.54. The Morgan fingerprint density at radius 3 is 3.27 bits per heavy atom. The maximum absolute atomic E-state index is 10.7. The Hall–Kier alpha value is -0.650. The van der Waals surface area contributed by atoms with E-state index in [0.717, 1.165) is 11.4 Å². The SMILES string of the molecule is O=C1N=C2C=CC(I)C=C2N1. The van der Waals surface area contributed by atoms with E-state index in [-0.39, 0.29) is 6.03 Å². The molecule has 56 valence electrons. The van der Waals surface area contributed by atoms with E-state index >= 15 is 0 Å². The lowest BCUT2D eigenvalue weighted by atomic mass is 10.1. The summed E-state index contributed by atoms with van der Waals surface area (Å²) in [5.41, 5.74) is 1.60. The van der Waals surface area contributed by atoms with E-state index in [9.17, 15) is 4.79 Å². The summed E-state index contributed by atoms with van der Waals surface area (Å²) in [7, 11) is 0. The summed E-state index contributed by atoms with van der Waals surface area (Å²) >= 11 is 2.27. The second-order valence-corrected chi connectivity index (χ2v) is 3.75. The first-order chi connectivity index (χ1) is 5.25. The molecule has 1 aliphatic heterocycles. The summed E-state index contributed by atoms with van der Waals surface area (Å²) < 4.78 is 0.361. The Morgan fingerprint density at radius 2 is 2.45 bits per heavy atom. The Labute approximate surface area is 77.4 Å². The van der Waals surface area contributed by atoms with Crippen molar-refractivity contribution < 1.29 is 4.79 Å². The Morgan fingerprint density at radius 1 is 1.64 bits per heavy atom. The Kier molecular flexibility index (Phi) is 1.56. The Balaban J connectivity index is 2.39. The van der Waals surface area contributed by atoms with Crippen LogP contribution in [0, 0.1) is 0 Å². The van der Waals surface area contributed by atoms with Crippen molar-refractivity contribution in [2.24, 2.45) is 4.99 Å². The molecule has 2 aliphatic rings. The van der Waals surface area contributed by atoms with E-state index in [1.807, 2.05) is 18.2 Å². The fraction of sp³-hybridized carbons (Fsp3) is 0.143. The van der Waals surface area contributed by atoms with Crippen LogP contribution >= 0.6 is 22.6 Å². The van der Waals surface area contributed by atoms with Crippen LogP contribution in [-0.4, -0.2) is 15.7 Å². The van der Waals surface area contributed by atoms with Gasteiger partial charge in [0.25, 0.3) is 0 Å². The summed E-state index contributed by atoms with van der Waals surface area (Å²) in [5.74, 6) is 0. The van der Waals surface area contributed by atoms with Crippen LogP contribution in [-0.2, 0) is 0 Å². The normalized spacial score (nSPS) is 27.4. The number of fused-ring (bicyclic) bond motifs is 1. The number of urea groups is 1. The van der Waals surface area contributed by atoms with Crippen molar-refractivity contribution in [3.05, 3.63) is 23.9 Å². The van der Waals surface area contributed by atoms with Gasteiger partial charge in [0.2, 0.25) is 0 Å². The van der Waals surface area contributed by atoms with Crippen LogP contribution in [0.25, 0.3) is 0 Å². The number of nitrogens with zero attached hydrogens (tertiary/aromatic N) is 1. The second-order valence-electron chi connectivity index (χ2n) is 2.31. The van der Waals surface area contributed by atoms with Crippen LogP contribution < -0.4 is 5.32 Å². The van der Waals surface area contributed by atoms with Crippen LogP contribution in [0.4, 0.5) is 4.79 Å². The highest BCUT2D eigenvalue weighted by atomic mass is 127. The molecular formula is C7H5IN2O. The van der Waals surface area contributed by atoms with Crippen molar-refractivity contribution in [3.63, 3.8) is 0 Å². The number of rotatable bonds is 0. The average molecular weight is 260 g/mol. The number of halogens is 1. The molecule has 0 aromatic carbocycles. The first kappa shape index (κ1) is 7.02. The molecule has 0 saturated heterocycles. The minimum atomic E-state index is -0.263. The Bertz CT molecular complexity index is 304. The van der Waals surface area contributed by atoms with Gasteiger partial charge in [0.15, 0.2) is 0 Å². The van der Waals surface area contributed by atoms with Crippen molar-refractivity contribution in [1.82, 2.24) is 5.32 Å². The largest absolute Gasteiger partial charge is 0.346 e. The van der Waals surface area contributed by atoms with E-state index in [4.69, 9.17) is 0 Å². The zero-order valence-corrected chi connectivity index (χ0v) is 7.70. The zero-order chi connectivity index (χ0) is 7.84. The summed E-state index contributed by atoms with van der Waals surface area (Å²) in [6.07, 6.45) is 5.85. The summed E-state index contributed by atoms with van der Waals surface area (Å²) in [4.78, 5) is 14.5. The molecule has 1 aliphatic carbocycles. The molecular weight excluding hydrogens is 255 g/mol. The lowest BCUT2D eigenvalue weighted by Gasteiger charge is -2.06. The van der Waals surface area contributed by atoms with Gasteiger partial charge in [0.1, 0.15) is 0 Å². The number of hydrogen-bond donors (Lipinski definition) is 1. The molecule has 3 nitrogen and oxygen atoms in total. The molecule has 1 unspecified atom stereocenters. The number of alkyl halides is 1. The van der Waals surface area contributed by atoms with Gasteiger partial charge in [-0.05, 0) is 12.2 Å². The van der Waals surface area contributed by atoms with Crippen LogP contribution in [0.5, 0.6) is 0 Å². The van der Waals surface area contributed by atoms with Gasteiger partial charge in [-0.25, -0.2) is 4.79 Å². The number of nitrogens with one attached hydrogen (secondary N) is 1. The first-order valence-corrected chi connectivity index (χ1v) is 4.44. The molecule has 1 atom stereocenters. The number of carbonyl (C=O) groups excluding carboxylic acids is 1. The lowest BCUT2D eigenvalue weighted by Crippen LogP contribution is -2.17. The third-order valence-corrected chi connectivity index (χ3v) is 2.28. The monoisotopic (exact) mass is 260 g/mol. The molecule has 2 amide bonds. The van der Waals surface area contributed by atoms with Gasteiger partial charge in [0.05, 0.1) is 11.4 Å². The van der Waals surface area contributed by atoms with Gasteiger partial charge in [-0.2, -0.15) is 4.99 Å². The molecule has 0 aromatic heterocycles. The summed E-state index contributed by atoms with van der Waals surface area (Å²) in [6, 6.07) is -0.263. The molecule has 0 fully saturated rings. The van der Waals surface area contributed by atoms with Crippen molar-refractivity contribution in [1.29, 1.82) is 0 Å². The van der Waals surface area contributed by atoms with Crippen LogP contribution in [0.2, 0.25) is 0 Å². The minimum absolute atomic E-state index is 0.263. The molecule has 0 saturated carbocycles. The van der Waals surface area contributed by atoms with E-state index in [0.29, 0.717) is 3.92 Å². The van der Waals surface area contributed by atoms with Gasteiger partial charge in [0, 0.05) is 3.92 Å². The number of allylic oxidation sites excluding steroid dienone is 3. The van der Waals surface area contributed by atoms with Gasteiger partial charge in [-0.1, -0.05) is 28.7 Å². The first-order valence-electron chi connectivity index (χ1n) is 3.20. The second kappa shape index (κ2) is 2.44. The van der Waals surface area contributed by atoms with Crippen molar-refractivity contribution >= 4 is 34.3 Å². The van der Waals surface area contributed by atoms with Crippen molar-refractivity contribution in [3.8, 4) is 0 Å². The lowest BCUT2D eigenvalue weighted by molar-refractivity contribution is 0.253. The van der Waals surface area contributed by atoms with E-state index in [2.05, 4.69) is 32.9 Å². The molecule has 2 rings (SSSR count). The molecule has 0 aromatic rings. The average Bonchev–Trinajstić information content (AvgIpc) is 2.27. The van der Waals surface area contributed by atoms with Gasteiger partial charge in [-0.3, -0.25) is 0 Å². The predicted molar refractivity (Wildman–Crippen MR) is 51.0 cm³/mol. The molecule has 11 heavy (non-hydrogen) atoms. The molecule has 4 heteroatoms. The fourth-order valence-electron chi connectivity index (χ4n) is 1.03. The van der Waals surface area contributed by atoms with Crippen LogP contribution in [0.3, 0.4) is 0 Å². The number of aliphatic imine (C=N–C) groups is 1. The molecule has 0 bridgehead atoms. The molecule has 0 radical (unpaired) electrons. The molecule has 1 heterocycles. The maximum Gasteiger partial charge on any atom is 0.346 e. The summed E-state index contributed by atoms with van der Waals surface area (Å²) in [5, 5.41) is 2.65. The number of carbonyl (C=O) groups is 1. The maximum atomic E-state index is 10.7. The molecule has 1 N–H and O–H groups in total. The highest BCUT2D eigenvalue weighted by Gasteiger charge is 2.20. The highest BCUT2D eigenvalue weighted by molar-refractivity contribution is 14.1. The van der Waals surface area contributed by atoms with Crippen LogP contribution in [0.15, 0.2) is 28.9 Å². The number of hydrogen-bond acceptors (Lipinski definition) is 1. The smallest absolute Gasteiger partial charge is 0.304 e. The highest BCUT2D eigenvalue weighted by Crippen LogP contribution is 2.17. The van der Waals surface area contributed by atoms with E-state index < -0.39 is 0 Å². The third kappa shape index (κ3) is 1.22. The minimum Gasteiger partial charge on any atom is -0.304 e. The standard InChI is InChI=1S/C7H5IN2O/c8-4-1-2-5-6(3-4)10-7(11)9-5/h1-4H,(H,10,11). The van der Waals surface area contributed by atoms with Gasteiger partial charge in [-0.15, -0.1) is 0 Å². The van der Waals surface area contributed by atoms with Crippen LogP contribution in [0.1, 0.15) is 0 Å². The molecule has 0 spiro atoms.